The van der Waals surface area contributed by atoms with Crippen molar-refractivity contribution < 1.29 is 9.59 Å². The second-order valence-electron chi connectivity index (χ2n) is 6.68. The number of nitrogens with zero attached hydrogens (tertiary/aromatic N) is 1. The van der Waals surface area contributed by atoms with Crippen molar-refractivity contribution in [1.82, 2.24) is 15.6 Å². The molecule has 0 saturated carbocycles. The highest BCUT2D eigenvalue weighted by atomic mass is 16.2. The van der Waals surface area contributed by atoms with Crippen LogP contribution in [0.15, 0.2) is 60.7 Å². The Bertz CT molecular complexity index is 949. The molecular formula is C22H23N3O2. The lowest BCUT2D eigenvalue weighted by Crippen LogP contribution is -2.35. The van der Waals surface area contributed by atoms with Gasteiger partial charge in [0.25, 0.3) is 11.8 Å². The van der Waals surface area contributed by atoms with Crippen LogP contribution in [-0.2, 0) is 0 Å². The van der Waals surface area contributed by atoms with Crippen molar-refractivity contribution in [2.75, 3.05) is 13.1 Å². The summed E-state index contributed by atoms with van der Waals surface area (Å²) in [6, 6.07) is 18.8. The van der Waals surface area contributed by atoms with Gasteiger partial charge in [-0.05, 0) is 35.7 Å². The fraction of sp³-hybridized carbons (Fsp3) is 0.227. The van der Waals surface area contributed by atoms with Gasteiger partial charge in [-0.25, -0.2) is 4.98 Å². The summed E-state index contributed by atoms with van der Waals surface area (Å²) < 4.78 is 0. The molecule has 0 fully saturated rings. The molecule has 0 aliphatic carbocycles. The number of fused-ring (bicyclic) bond motifs is 1. The quantitative estimate of drug-likeness (QED) is 0.660. The summed E-state index contributed by atoms with van der Waals surface area (Å²) in [6.45, 7) is 4.91. The minimum absolute atomic E-state index is 0.150. The van der Waals surface area contributed by atoms with Crippen LogP contribution in [0.4, 0.5) is 0 Å². The number of rotatable bonds is 6. The first-order valence-corrected chi connectivity index (χ1v) is 9.07. The van der Waals surface area contributed by atoms with Gasteiger partial charge in [-0.15, -0.1) is 0 Å². The lowest BCUT2D eigenvalue weighted by molar-refractivity contribution is 0.0925. The highest BCUT2D eigenvalue weighted by molar-refractivity contribution is 5.95. The number of carbonyl (C=O) groups is 2. The smallest absolute Gasteiger partial charge is 0.269 e. The first kappa shape index (κ1) is 18.6. The lowest BCUT2D eigenvalue weighted by Gasteiger charge is -2.09. The molecular weight excluding hydrogens is 338 g/mol. The van der Waals surface area contributed by atoms with E-state index in [1.54, 1.807) is 6.07 Å². The average Bonchev–Trinajstić information content (AvgIpc) is 2.70. The minimum Gasteiger partial charge on any atom is -0.350 e. The van der Waals surface area contributed by atoms with Crippen LogP contribution in [0.5, 0.6) is 0 Å². The molecule has 0 atom stereocenters. The van der Waals surface area contributed by atoms with Gasteiger partial charge in [-0.1, -0.05) is 50.2 Å². The van der Waals surface area contributed by atoms with E-state index in [0.717, 1.165) is 10.9 Å². The average molecular weight is 361 g/mol. The molecule has 0 saturated heterocycles. The molecule has 2 amide bonds. The highest BCUT2D eigenvalue weighted by Gasteiger charge is 2.09. The van der Waals surface area contributed by atoms with Crippen LogP contribution >= 0.6 is 0 Å². The van der Waals surface area contributed by atoms with Gasteiger partial charge >= 0.3 is 0 Å². The maximum absolute atomic E-state index is 12.2. The van der Waals surface area contributed by atoms with Gasteiger partial charge in [0.15, 0.2) is 0 Å². The molecule has 0 spiro atoms. The standard InChI is InChI=1S/C22H23N3O2/c1-15(2)16-7-9-18(10-8-16)21(26)23-13-14-24-22(27)20-12-11-17-5-3-4-6-19(17)25-20/h3-12,15H,13-14H2,1-2H3,(H,23,26)(H,24,27). The summed E-state index contributed by atoms with van der Waals surface area (Å²) in [4.78, 5) is 28.7. The number of aromatic nitrogens is 1. The molecule has 5 heteroatoms. The molecule has 1 heterocycles. The van der Waals surface area contributed by atoms with Crippen LogP contribution in [0.3, 0.4) is 0 Å². The van der Waals surface area contributed by atoms with Crippen LogP contribution in [0.1, 0.15) is 46.2 Å². The second-order valence-corrected chi connectivity index (χ2v) is 6.68. The Hall–Kier alpha value is -3.21. The van der Waals surface area contributed by atoms with E-state index >= 15 is 0 Å². The van der Waals surface area contributed by atoms with Crippen molar-refractivity contribution in [3.63, 3.8) is 0 Å². The van der Waals surface area contributed by atoms with Gasteiger partial charge in [-0.2, -0.15) is 0 Å². The molecule has 2 aromatic carbocycles. The minimum atomic E-state index is -0.253. The summed E-state index contributed by atoms with van der Waals surface area (Å²) in [7, 11) is 0. The fourth-order valence-electron chi connectivity index (χ4n) is 2.76. The summed E-state index contributed by atoms with van der Waals surface area (Å²) in [6.07, 6.45) is 0. The Balaban J connectivity index is 1.48. The SMILES string of the molecule is CC(C)c1ccc(C(=O)NCCNC(=O)c2ccc3ccccc3n2)cc1. The van der Waals surface area contributed by atoms with E-state index in [4.69, 9.17) is 0 Å². The lowest BCUT2D eigenvalue weighted by atomic mass is 10.0. The molecule has 0 bridgehead atoms. The van der Waals surface area contributed by atoms with E-state index in [1.165, 1.54) is 5.56 Å². The van der Waals surface area contributed by atoms with E-state index in [9.17, 15) is 9.59 Å². The Labute approximate surface area is 158 Å². The van der Waals surface area contributed by atoms with Crippen molar-refractivity contribution in [2.24, 2.45) is 0 Å². The third-order valence-corrected chi connectivity index (χ3v) is 4.37. The largest absolute Gasteiger partial charge is 0.350 e. The Morgan fingerprint density at radius 2 is 1.52 bits per heavy atom. The fourth-order valence-corrected chi connectivity index (χ4v) is 2.76. The Kier molecular flexibility index (Phi) is 5.81. The van der Waals surface area contributed by atoms with Crippen LogP contribution in [0.2, 0.25) is 0 Å². The van der Waals surface area contributed by atoms with Gasteiger partial charge in [0.1, 0.15) is 5.69 Å². The zero-order valence-corrected chi connectivity index (χ0v) is 15.5. The van der Waals surface area contributed by atoms with E-state index in [2.05, 4.69) is 29.5 Å². The summed E-state index contributed by atoms with van der Waals surface area (Å²) in [5.74, 6) is 0.0284. The first-order chi connectivity index (χ1) is 13.0. The van der Waals surface area contributed by atoms with Crippen LogP contribution < -0.4 is 10.6 Å². The van der Waals surface area contributed by atoms with Crippen molar-refractivity contribution in [1.29, 1.82) is 0 Å². The topological polar surface area (TPSA) is 71.1 Å². The number of hydrogen-bond acceptors (Lipinski definition) is 3. The second kappa shape index (κ2) is 8.45. The summed E-state index contributed by atoms with van der Waals surface area (Å²) >= 11 is 0. The third kappa shape index (κ3) is 4.70. The Morgan fingerprint density at radius 1 is 0.852 bits per heavy atom. The zero-order valence-electron chi connectivity index (χ0n) is 15.5. The van der Waals surface area contributed by atoms with Gasteiger partial charge in [0.05, 0.1) is 5.52 Å². The highest BCUT2D eigenvalue weighted by Crippen LogP contribution is 2.14. The number of amides is 2. The molecule has 5 nitrogen and oxygen atoms in total. The van der Waals surface area contributed by atoms with Crippen molar-refractivity contribution >= 4 is 22.7 Å². The van der Waals surface area contributed by atoms with Crippen molar-refractivity contribution in [2.45, 2.75) is 19.8 Å². The molecule has 0 aliphatic rings. The molecule has 138 valence electrons. The number of hydrogen-bond donors (Lipinski definition) is 2. The summed E-state index contributed by atoms with van der Waals surface area (Å²) in [5.41, 5.74) is 2.95. The van der Waals surface area contributed by atoms with Crippen LogP contribution in [0, 0.1) is 0 Å². The molecule has 0 aliphatic heterocycles. The number of pyridine rings is 1. The third-order valence-electron chi connectivity index (χ3n) is 4.37. The van der Waals surface area contributed by atoms with E-state index < -0.39 is 0 Å². The van der Waals surface area contributed by atoms with E-state index in [1.807, 2.05) is 54.6 Å². The van der Waals surface area contributed by atoms with Gasteiger partial charge in [0.2, 0.25) is 0 Å². The predicted molar refractivity (Wildman–Crippen MR) is 107 cm³/mol. The predicted octanol–water partition coefficient (Wildman–Crippen LogP) is 3.52. The monoisotopic (exact) mass is 361 g/mol. The summed E-state index contributed by atoms with van der Waals surface area (Å²) in [5, 5.41) is 6.58. The molecule has 2 N–H and O–H groups in total. The van der Waals surface area contributed by atoms with E-state index in [-0.39, 0.29) is 11.8 Å². The van der Waals surface area contributed by atoms with Crippen molar-refractivity contribution in [3.05, 3.63) is 77.5 Å². The Morgan fingerprint density at radius 3 is 2.22 bits per heavy atom. The molecule has 3 rings (SSSR count). The number of para-hydroxylation sites is 1. The van der Waals surface area contributed by atoms with Gasteiger partial charge < -0.3 is 10.6 Å². The number of benzene rings is 2. The van der Waals surface area contributed by atoms with Gasteiger partial charge in [0, 0.05) is 24.0 Å². The van der Waals surface area contributed by atoms with Crippen LogP contribution in [0.25, 0.3) is 10.9 Å². The maximum atomic E-state index is 12.2. The first-order valence-electron chi connectivity index (χ1n) is 9.07. The maximum Gasteiger partial charge on any atom is 0.269 e. The number of carbonyl (C=O) groups excluding carboxylic acids is 2. The molecule has 1 aromatic heterocycles. The van der Waals surface area contributed by atoms with Crippen LogP contribution in [-0.4, -0.2) is 29.9 Å². The molecule has 0 unspecified atom stereocenters. The molecule has 0 radical (unpaired) electrons. The molecule has 3 aromatic rings. The molecule has 27 heavy (non-hydrogen) atoms. The number of nitrogens with one attached hydrogen (secondary N) is 2. The normalized spacial score (nSPS) is 10.8. The zero-order chi connectivity index (χ0) is 19.2. The van der Waals surface area contributed by atoms with E-state index in [0.29, 0.717) is 30.3 Å². The van der Waals surface area contributed by atoms with Gasteiger partial charge in [-0.3, -0.25) is 9.59 Å². The van der Waals surface area contributed by atoms with Crippen molar-refractivity contribution in [3.8, 4) is 0 Å².